The molecule has 4 aromatic rings. The van der Waals surface area contributed by atoms with Gasteiger partial charge in [-0.05, 0) is 69.2 Å². The normalized spacial score (nSPS) is 16.3. The van der Waals surface area contributed by atoms with Crippen LogP contribution in [0.15, 0.2) is 48.8 Å². The van der Waals surface area contributed by atoms with Crippen LogP contribution >= 0.6 is 11.6 Å². The van der Waals surface area contributed by atoms with Crippen LogP contribution < -0.4 is 10.2 Å². The van der Waals surface area contributed by atoms with Crippen molar-refractivity contribution in [1.29, 1.82) is 0 Å². The molecule has 9 heteroatoms. The second kappa shape index (κ2) is 10.0. The van der Waals surface area contributed by atoms with E-state index in [2.05, 4.69) is 57.1 Å². The van der Waals surface area contributed by atoms with Gasteiger partial charge in [0.1, 0.15) is 18.3 Å². The lowest BCUT2D eigenvalue weighted by molar-refractivity contribution is 0.0720. The fourth-order valence-corrected chi connectivity index (χ4v) is 5.11. The third-order valence-corrected chi connectivity index (χ3v) is 7.31. The summed E-state index contributed by atoms with van der Waals surface area (Å²) in [4.78, 5) is 18.5. The first-order valence-corrected chi connectivity index (χ1v) is 12.7. The minimum atomic E-state index is -0.610. The predicted molar refractivity (Wildman–Crippen MR) is 145 cm³/mol. The Morgan fingerprint density at radius 1 is 0.972 bits per heavy atom. The lowest BCUT2D eigenvalue weighted by Crippen LogP contribution is -2.56. The number of nitrogens with one attached hydrogen (secondary N) is 1. The number of nitrogens with zero attached hydrogens (tertiary/aromatic N) is 6. The van der Waals surface area contributed by atoms with Crippen LogP contribution in [-0.4, -0.2) is 68.0 Å². The summed E-state index contributed by atoms with van der Waals surface area (Å²) in [5, 5.41) is 14.9. The molecule has 1 saturated heterocycles. The van der Waals surface area contributed by atoms with Gasteiger partial charge in [-0.25, -0.2) is 15.0 Å². The first kappa shape index (κ1) is 24.5. The second-order valence-electron chi connectivity index (χ2n) is 9.44. The van der Waals surface area contributed by atoms with E-state index in [4.69, 9.17) is 16.6 Å². The molecule has 0 spiro atoms. The van der Waals surface area contributed by atoms with Crippen LogP contribution in [0.25, 0.3) is 16.9 Å². The number of aliphatic hydroxyl groups excluding tert-OH is 1. The van der Waals surface area contributed by atoms with Crippen LogP contribution in [0.2, 0.25) is 5.02 Å². The first-order valence-electron chi connectivity index (χ1n) is 12.3. The van der Waals surface area contributed by atoms with Gasteiger partial charge in [0.15, 0.2) is 17.0 Å². The smallest absolute Gasteiger partial charge is 0.170 e. The number of rotatable bonds is 6. The van der Waals surface area contributed by atoms with E-state index in [-0.39, 0.29) is 6.17 Å². The number of fused-ring (bicyclic) bond motifs is 1. The molecule has 1 fully saturated rings. The Balaban J connectivity index is 1.38. The van der Waals surface area contributed by atoms with Crippen LogP contribution in [0, 0.1) is 20.8 Å². The van der Waals surface area contributed by atoms with Crippen molar-refractivity contribution >= 4 is 34.3 Å². The highest BCUT2D eigenvalue weighted by molar-refractivity contribution is 6.30. The number of aryl methyl sites for hydroxylation is 2. The first-order chi connectivity index (χ1) is 17.3. The van der Waals surface area contributed by atoms with Gasteiger partial charge in [0, 0.05) is 42.6 Å². The molecule has 0 amide bonds. The van der Waals surface area contributed by atoms with Gasteiger partial charge in [-0.3, -0.25) is 9.47 Å². The average Bonchev–Trinajstić information content (AvgIpc) is 3.21. The molecule has 0 aliphatic carbocycles. The van der Waals surface area contributed by atoms with E-state index >= 15 is 0 Å². The molecule has 0 saturated carbocycles. The number of hydrogen-bond donors (Lipinski definition) is 2. The minimum Gasteiger partial charge on any atom is -0.390 e. The Bertz CT molecular complexity index is 1360. The zero-order chi connectivity index (χ0) is 25.4. The van der Waals surface area contributed by atoms with Gasteiger partial charge in [-0.1, -0.05) is 23.7 Å². The van der Waals surface area contributed by atoms with Crippen molar-refractivity contribution in [2.45, 2.75) is 40.0 Å². The third-order valence-electron chi connectivity index (χ3n) is 7.06. The van der Waals surface area contributed by atoms with Gasteiger partial charge < -0.3 is 15.3 Å². The zero-order valence-electron chi connectivity index (χ0n) is 21.1. The van der Waals surface area contributed by atoms with Crippen molar-refractivity contribution in [3.05, 3.63) is 70.8 Å². The van der Waals surface area contributed by atoms with E-state index in [1.54, 1.807) is 0 Å². The molecule has 2 unspecified atom stereocenters. The molecule has 188 valence electrons. The summed E-state index contributed by atoms with van der Waals surface area (Å²) in [6, 6.07) is 14.1. The Kier molecular flexibility index (Phi) is 6.83. The Labute approximate surface area is 216 Å². The highest BCUT2D eigenvalue weighted by Crippen LogP contribution is 2.27. The van der Waals surface area contributed by atoms with E-state index in [1.807, 2.05) is 42.7 Å². The van der Waals surface area contributed by atoms with Crippen molar-refractivity contribution < 1.29 is 5.11 Å². The number of halogens is 1. The third kappa shape index (κ3) is 4.64. The molecule has 2 aromatic carbocycles. The number of anilines is 2. The summed E-state index contributed by atoms with van der Waals surface area (Å²) >= 11 is 6.08. The molecule has 2 atom stereocenters. The van der Waals surface area contributed by atoms with Crippen LogP contribution in [0.3, 0.4) is 0 Å². The highest BCUT2D eigenvalue weighted by atomic mass is 35.5. The van der Waals surface area contributed by atoms with Gasteiger partial charge in [0.25, 0.3) is 0 Å². The molecule has 0 bridgehead atoms. The zero-order valence-corrected chi connectivity index (χ0v) is 21.9. The predicted octanol–water partition coefficient (Wildman–Crippen LogP) is 4.34. The monoisotopic (exact) mass is 505 g/mol. The maximum absolute atomic E-state index is 10.7. The van der Waals surface area contributed by atoms with E-state index in [1.165, 1.54) is 23.1 Å². The molecule has 8 nitrogen and oxygen atoms in total. The largest absolute Gasteiger partial charge is 0.390 e. The van der Waals surface area contributed by atoms with Crippen LogP contribution in [0.4, 0.5) is 11.5 Å². The fourth-order valence-electron chi connectivity index (χ4n) is 4.98. The summed E-state index contributed by atoms with van der Waals surface area (Å²) in [5.74, 6) is 1.41. The Morgan fingerprint density at radius 2 is 1.69 bits per heavy atom. The van der Waals surface area contributed by atoms with E-state index in [0.717, 1.165) is 37.7 Å². The van der Waals surface area contributed by atoms with Crippen molar-refractivity contribution in [2.24, 2.45) is 0 Å². The molecule has 3 heterocycles. The van der Waals surface area contributed by atoms with Gasteiger partial charge in [-0.15, -0.1) is 0 Å². The molecular formula is C27H32ClN7O. The number of hydrogen-bond acceptors (Lipinski definition) is 7. The second-order valence-corrected chi connectivity index (χ2v) is 9.87. The van der Waals surface area contributed by atoms with Crippen molar-refractivity contribution in [2.75, 3.05) is 36.4 Å². The summed E-state index contributed by atoms with van der Waals surface area (Å²) in [6.07, 6.45) is 0.627. The van der Waals surface area contributed by atoms with Crippen molar-refractivity contribution in [3.8, 4) is 5.69 Å². The number of imidazole rings is 1. The van der Waals surface area contributed by atoms with E-state index in [0.29, 0.717) is 22.0 Å². The highest BCUT2D eigenvalue weighted by Gasteiger charge is 2.29. The lowest BCUT2D eigenvalue weighted by Gasteiger charge is -2.42. The summed E-state index contributed by atoms with van der Waals surface area (Å²) in [7, 11) is 0. The number of aromatic nitrogens is 4. The van der Waals surface area contributed by atoms with Crippen LogP contribution in [-0.2, 0) is 0 Å². The fraction of sp³-hybridized carbons (Fsp3) is 0.370. The maximum atomic E-state index is 10.7. The quantitative estimate of drug-likeness (QED) is 0.403. The van der Waals surface area contributed by atoms with Gasteiger partial charge in [-0.2, -0.15) is 0 Å². The molecule has 36 heavy (non-hydrogen) atoms. The van der Waals surface area contributed by atoms with Crippen LogP contribution in [0.5, 0.6) is 0 Å². The van der Waals surface area contributed by atoms with E-state index < -0.39 is 6.10 Å². The van der Waals surface area contributed by atoms with Gasteiger partial charge in [0.05, 0.1) is 6.10 Å². The molecule has 1 aliphatic rings. The average molecular weight is 506 g/mol. The standard InChI is InChI=1S/C27H32ClN7O/c1-17-6-5-7-23(18(17)2)33-12-14-34(15-13-33)26(19(3)36)32-25-24-27(30-16-29-25)35(20(4)31-24)22-10-8-21(28)9-11-22/h5-11,16,19,26,36H,12-15H2,1-4H3,(H,29,30,32). The number of piperazine rings is 1. The molecule has 2 aromatic heterocycles. The summed E-state index contributed by atoms with van der Waals surface area (Å²) in [5.41, 5.74) is 6.22. The lowest BCUT2D eigenvalue weighted by atomic mass is 10.1. The molecule has 5 rings (SSSR count). The maximum Gasteiger partial charge on any atom is 0.170 e. The van der Waals surface area contributed by atoms with E-state index in [9.17, 15) is 5.11 Å². The summed E-state index contributed by atoms with van der Waals surface area (Å²) < 4.78 is 1.98. The van der Waals surface area contributed by atoms with Crippen molar-refractivity contribution in [1.82, 2.24) is 24.4 Å². The van der Waals surface area contributed by atoms with Gasteiger partial charge in [0.2, 0.25) is 0 Å². The molecular weight excluding hydrogens is 474 g/mol. The molecule has 2 N–H and O–H groups in total. The summed E-state index contributed by atoms with van der Waals surface area (Å²) in [6.45, 7) is 11.5. The Hall–Kier alpha value is -3.20. The molecule has 0 radical (unpaired) electrons. The number of benzene rings is 2. The topological polar surface area (TPSA) is 82.3 Å². The van der Waals surface area contributed by atoms with Gasteiger partial charge >= 0.3 is 0 Å². The minimum absolute atomic E-state index is 0.301. The Morgan fingerprint density at radius 3 is 2.39 bits per heavy atom. The van der Waals surface area contributed by atoms with Crippen molar-refractivity contribution in [3.63, 3.8) is 0 Å². The number of aliphatic hydroxyl groups is 1. The van der Waals surface area contributed by atoms with Crippen LogP contribution in [0.1, 0.15) is 23.9 Å². The molecule has 1 aliphatic heterocycles. The SMILES string of the molecule is Cc1cccc(N2CCN(C(Nc3ncnc4c3nc(C)n4-c3ccc(Cl)cc3)C(C)O)CC2)c1C.